The molecule has 2 rings (SSSR count). The minimum atomic E-state index is 0.170. The van der Waals surface area contributed by atoms with Crippen LogP contribution >= 0.6 is 0 Å². The van der Waals surface area contributed by atoms with Crippen LogP contribution in [-0.4, -0.2) is 12.2 Å². The van der Waals surface area contributed by atoms with E-state index in [0.29, 0.717) is 0 Å². The largest absolute Gasteiger partial charge is 0.402 e. The summed E-state index contributed by atoms with van der Waals surface area (Å²) in [6, 6.07) is 0. The van der Waals surface area contributed by atoms with E-state index < -0.39 is 0 Å². The summed E-state index contributed by atoms with van der Waals surface area (Å²) in [5, 5.41) is 0. The van der Waals surface area contributed by atoms with Gasteiger partial charge in [-0.3, -0.25) is 0 Å². The fourth-order valence-electron chi connectivity index (χ4n) is 1.25. The van der Waals surface area contributed by atoms with Crippen LogP contribution in [0.3, 0.4) is 0 Å². The SMILES string of the molecule is NC1=C[C@H]2C=CC(C1)O2. The van der Waals surface area contributed by atoms with E-state index in [2.05, 4.69) is 6.08 Å². The summed E-state index contributed by atoms with van der Waals surface area (Å²) >= 11 is 0. The molecule has 2 N–H and O–H groups in total. The van der Waals surface area contributed by atoms with Gasteiger partial charge >= 0.3 is 0 Å². The Bertz CT molecular complexity index is 183. The molecule has 2 nitrogen and oxygen atoms in total. The van der Waals surface area contributed by atoms with Crippen LogP contribution in [0, 0.1) is 0 Å². The predicted molar refractivity (Wildman–Crippen MR) is 34.7 cm³/mol. The summed E-state index contributed by atoms with van der Waals surface area (Å²) in [7, 11) is 0. The van der Waals surface area contributed by atoms with Gasteiger partial charge in [0.15, 0.2) is 0 Å². The lowest BCUT2D eigenvalue weighted by Crippen LogP contribution is -2.20. The summed E-state index contributed by atoms with van der Waals surface area (Å²) in [6.07, 6.45) is 7.38. The summed E-state index contributed by atoms with van der Waals surface area (Å²) in [5.41, 5.74) is 6.56. The highest BCUT2D eigenvalue weighted by atomic mass is 16.5. The van der Waals surface area contributed by atoms with Crippen molar-refractivity contribution in [2.45, 2.75) is 18.6 Å². The van der Waals surface area contributed by atoms with E-state index in [-0.39, 0.29) is 12.2 Å². The van der Waals surface area contributed by atoms with Crippen molar-refractivity contribution in [3.63, 3.8) is 0 Å². The minimum Gasteiger partial charge on any atom is -0.402 e. The number of rotatable bonds is 0. The molecule has 0 amide bonds. The van der Waals surface area contributed by atoms with Crippen LogP contribution in [0.15, 0.2) is 23.9 Å². The second kappa shape index (κ2) is 1.61. The molecule has 0 fully saturated rings. The first-order chi connectivity index (χ1) is 4.34. The average Bonchev–Trinajstić information content (AvgIpc) is 2.11. The molecule has 48 valence electrons. The quantitative estimate of drug-likeness (QED) is 0.477. The van der Waals surface area contributed by atoms with Crippen molar-refractivity contribution >= 4 is 0 Å². The lowest BCUT2D eigenvalue weighted by Gasteiger charge is -2.17. The molecule has 2 atom stereocenters. The first-order valence-corrected chi connectivity index (χ1v) is 3.14. The number of hydrogen-bond acceptors (Lipinski definition) is 2. The fourth-order valence-corrected chi connectivity index (χ4v) is 1.25. The van der Waals surface area contributed by atoms with Crippen molar-refractivity contribution in [3.8, 4) is 0 Å². The zero-order chi connectivity index (χ0) is 6.27. The van der Waals surface area contributed by atoms with Crippen LogP contribution in [0.25, 0.3) is 0 Å². The van der Waals surface area contributed by atoms with Gasteiger partial charge in [-0.05, 0) is 6.08 Å². The van der Waals surface area contributed by atoms with Crippen molar-refractivity contribution in [2.75, 3.05) is 0 Å². The molecule has 0 radical (unpaired) electrons. The molecule has 0 aliphatic carbocycles. The van der Waals surface area contributed by atoms with Gasteiger partial charge in [0.05, 0.1) is 12.2 Å². The Labute approximate surface area is 54.0 Å². The average molecular weight is 123 g/mol. The van der Waals surface area contributed by atoms with Gasteiger partial charge < -0.3 is 10.5 Å². The van der Waals surface area contributed by atoms with Crippen molar-refractivity contribution in [2.24, 2.45) is 5.73 Å². The standard InChI is InChI=1S/C7H9NO/c8-5-3-6-1-2-7(4-5)9-6/h1-3,6-7H,4,8H2/t6-,7?/m1/s1. The van der Waals surface area contributed by atoms with Gasteiger partial charge in [0.2, 0.25) is 0 Å². The van der Waals surface area contributed by atoms with Crippen LogP contribution in [0.1, 0.15) is 6.42 Å². The number of ether oxygens (including phenoxy) is 1. The highest BCUT2D eigenvalue weighted by Crippen LogP contribution is 2.22. The molecule has 2 aliphatic rings. The van der Waals surface area contributed by atoms with Crippen LogP contribution in [-0.2, 0) is 4.74 Å². The third-order valence-corrected chi connectivity index (χ3v) is 1.66. The monoisotopic (exact) mass is 123 g/mol. The molecule has 2 heterocycles. The number of nitrogens with two attached hydrogens (primary N) is 1. The number of hydrogen-bond donors (Lipinski definition) is 1. The third kappa shape index (κ3) is 0.754. The van der Waals surface area contributed by atoms with E-state index >= 15 is 0 Å². The van der Waals surface area contributed by atoms with E-state index in [1.54, 1.807) is 0 Å². The molecule has 0 aromatic carbocycles. The highest BCUT2D eigenvalue weighted by Gasteiger charge is 2.22. The second-order valence-electron chi connectivity index (χ2n) is 2.47. The summed E-state index contributed by atoms with van der Waals surface area (Å²) in [4.78, 5) is 0. The Balaban J connectivity index is 2.27. The van der Waals surface area contributed by atoms with Crippen molar-refractivity contribution in [1.29, 1.82) is 0 Å². The molecule has 2 heteroatoms. The van der Waals surface area contributed by atoms with E-state index in [1.807, 2.05) is 12.2 Å². The third-order valence-electron chi connectivity index (χ3n) is 1.66. The molecule has 0 aromatic rings. The van der Waals surface area contributed by atoms with Gasteiger partial charge in [0.25, 0.3) is 0 Å². The first kappa shape index (κ1) is 5.06. The molecular weight excluding hydrogens is 114 g/mol. The molecule has 0 saturated carbocycles. The molecule has 0 aromatic heterocycles. The maximum Gasteiger partial charge on any atom is 0.0966 e. The van der Waals surface area contributed by atoms with Gasteiger partial charge in [0, 0.05) is 12.1 Å². The zero-order valence-electron chi connectivity index (χ0n) is 5.08. The Morgan fingerprint density at radius 3 is 3.22 bits per heavy atom. The minimum absolute atomic E-state index is 0.170. The molecular formula is C7H9NO. The Kier molecular flexibility index (Phi) is 0.904. The van der Waals surface area contributed by atoms with Gasteiger partial charge in [-0.25, -0.2) is 0 Å². The molecule has 2 bridgehead atoms. The van der Waals surface area contributed by atoms with Crippen LogP contribution in [0.4, 0.5) is 0 Å². The number of fused-ring (bicyclic) bond motifs is 2. The van der Waals surface area contributed by atoms with Gasteiger partial charge in [-0.2, -0.15) is 0 Å². The maximum absolute atomic E-state index is 5.60. The zero-order valence-corrected chi connectivity index (χ0v) is 5.08. The van der Waals surface area contributed by atoms with Crippen molar-refractivity contribution in [3.05, 3.63) is 23.9 Å². The van der Waals surface area contributed by atoms with Crippen LogP contribution in [0.5, 0.6) is 0 Å². The maximum atomic E-state index is 5.60. The fraction of sp³-hybridized carbons (Fsp3) is 0.429. The lowest BCUT2D eigenvalue weighted by atomic mass is 10.2. The van der Waals surface area contributed by atoms with Crippen LogP contribution in [0.2, 0.25) is 0 Å². The van der Waals surface area contributed by atoms with Gasteiger partial charge in [-0.15, -0.1) is 0 Å². The first-order valence-electron chi connectivity index (χ1n) is 3.14. The summed E-state index contributed by atoms with van der Waals surface area (Å²) < 4.78 is 5.40. The van der Waals surface area contributed by atoms with Crippen molar-refractivity contribution < 1.29 is 4.74 Å². The Hall–Kier alpha value is -0.760. The summed E-state index contributed by atoms with van der Waals surface area (Å²) in [5.74, 6) is 0. The second-order valence-corrected chi connectivity index (χ2v) is 2.47. The molecule has 2 aliphatic heterocycles. The predicted octanol–water partition coefficient (Wildman–Crippen LogP) is 0.556. The highest BCUT2D eigenvalue weighted by molar-refractivity contribution is 5.20. The Morgan fingerprint density at radius 1 is 1.56 bits per heavy atom. The topological polar surface area (TPSA) is 35.2 Å². The Morgan fingerprint density at radius 2 is 2.44 bits per heavy atom. The van der Waals surface area contributed by atoms with E-state index in [1.165, 1.54) is 0 Å². The smallest absolute Gasteiger partial charge is 0.0966 e. The van der Waals surface area contributed by atoms with Gasteiger partial charge in [0.1, 0.15) is 0 Å². The van der Waals surface area contributed by atoms with Gasteiger partial charge in [-0.1, -0.05) is 12.2 Å². The normalized spacial score (nSPS) is 38.9. The van der Waals surface area contributed by atoms with E-state index in [0.717, 1.165) is 12.1 Å². The lowest BCUT2D eigenvalue weighted by molar-refractivity contribution is 0.0761. The van der Waals surface area contributed by atoms with Crippen molar-refractivity contribution in [1.82, 2.24) is 0 Å². The molecule has 0 spiro atoms. The van der Waals surface area contributed by atoms with E-state index in [9.17, 15) is 0 Å². The summed E-state index contributed by atoms with van der Waals surface area (Å²) in [6.45, 7) is 0. The molecule has 9 heavy (non-hydrogen) atoms. The molecule has 1 unspecified atom stereocenters. The van der Waals surface area contributed by atoms with E-state index in [4.69, 9.17) is 10.5 Å². The van der Waals surface area contributed by atoms with Crippen LogP contribution < -0.4 is 5.73 Å². The molecule has 0 saturated heterocycles.